The second-order valence-corrected chi connectivity index (χ2v) is 5.27. The number of carbonyl (C=O) groups excluding carboxylic acids is 1. The number of fused-ring (bicyclic) bond motifs is 1. The number of hydrogen-bond acceptors (Lipinski definition) is 4. The maximum Gasteiger partial charge on any atom is 0.261 e. The first-order valence-corrected chi connectivity index (χ1v) is 7.39. The van der Waals surface area contributed by atoms with Gasteiger partial charge in [-0.15, -0.1) is 0 Å². The Balaban J connectivity index is 1.68. The number of rotatable bonds is 5. The van der Waals surface area contributed by atoms with Crippen molar-refractivity contribution in [1.29, 1.82) is 0 Å². The van der Waals surface area contributed by atoms with E-state index in [1.54, 1.807) is 37.6 Å². The van der Waals surface area contributed by atoms with Crippen molar-refractivity contribution in [3.05, 3.63) is 64.6 Å². The highest BCUT2D eigenvalue weighted by molar-refractivity contribution is 5.78. The minimum absolute atomic E-state index is 0.0957. The van der Waals surface area contributed by atoms with Crippen LogP contribution in [0.2, 0.25) is 0 Å². The van der Waals surface area contributed by atoms with Crippen molar-refractivity contribution in [1.82, 2.24) is 14.9 Å². The fourth-order valence-corrected chi connectivity index (χ4v) is 2.40. The van der Waals surface area contributed by atoms with Gasteiger partial charge in [0.1, 0.15) is 11.6 Å². The van der Waals surface area contributed by atoms with Gasteiger partial charge in [0.25, 0.3) is 5.56 Å². The van der Waals surface area contributed by atoms with E-state index in [0.717, 1.165) is 0 Å². The summed E-state index contributed by atoms with van der Waals surface area (Å²) in [6.45, 7) is 0.357. The third-order valence-corrected chi connectivity index (χ3v) is 3.69. The van der Waals surface area contributed by atoms with Crippen LogP contribution in [0.3, 0.4) is 0 Å². The van der Waals surface area contributed by atoms with E-state index in [2.05, 4.69) is 10.3 Å². The Bertz CT molecular complexity index is 882. The highest BCUT2D eigenvalue weighted by atomic mass is 16.3. The number of carbonyl (C=O) groups is 1. The Morgan fingerprint density at radius 3 is 2.87 bits per heavy atom. The lowest BCUT2D eigenvalue weighted by Crippen LogP contribution is -2.26. The summed E-state index contributed by atoms with van der Waals surface area (Å²) in [6, 6.07) is 10.8. The van der Waals surface area contributed by atoms with E-state index < -0.39 is 0 Å². The van der Waals surface area contributed by atoms with Gasteiger partial charge in [0.2, 0.25) is 5.91 Å². The molecule has 0 radical (unpaired) electrons. The summed E-state index contributed by atoms with van der Waals surface area (Å²) in [5.41, 5.74) is 0.559. The SMILES string of the molecule is Cn1c(CCC(=O)NCc2ccco2)nc2ccccc2c1=O. The molecule has 3 aromatic rings. The van der Waals surface area contributed by atoms with Crippen LogP contribution in [0.15, 0.2) is 51.9 Å². The molecule has 0 saturated heterocycles. The van der Waals surface area contributed by atoms with Crippen molar-refractivity contribution >= 4 is 16.8 Å². The molecule has 0 spiro atoms. The van der Waals surface area contributed by atoms with Crippen LogP contribution in [-0.2, 0) is 24.8 Å². The monoisotopic (exact) mass is 311 g/mol. The molecule has 6 heteroatoms. The van der Waals surface area contributed by atoms with E-state index in [0.29, 0.717) is 35.5 Å². The molecule has 118 valence electrons. The summed E-state index contributed by atoms with van der Waals surface area (Å²) in [6.07, 6.45) is 2.23. The molecule has 0 fully saturated rings. The molecule has 0 aliphatic rings. The van der Waals surface area contributed by atoms with Crippen molar-refractivity contribution < 1.29 is 9.21 Å². The average molecular weight is 311 g/mol. The summed E-state index contributed by atoms with van der Waals surface area (Å²) in [5.74, 6) is 1.19. The smallest absolute Gasteiger partial charge is 0.261 e. The fourth-order valence-electron chi connectivity index (χ4n) is 2.40. The second kappa shape index (κ2) is 6.48. The number of nitrogens with one attached hydrogen (secondary N) is 1. The molecule has 6 nitrogen and oxygen atoms in total. The number of aryl methyl sites for hydroxylation is 1. The third kappa shape index (κ3) is 3.31. The van der Waals surface area contributed by atoms with Crippen LogP contribution >= 0.6 is 0 Å². The quantitative estimate of drug-likeness (QED) is 0.779. The van der Waals surface area contributed by atoms with E-state index in [-0.39, 0.29) is 17.9 Å². The molecule has 0 saturated carbocycles. The first-order valence-electron chi connectivity index (χ1n) is 7.39. The Morgan fingerprint density at radius 1 is 1.26 bits per heavy atom. The number of aromatic nitrogens is 2. The normalized spacial score (nSPS) is 10.8. The molecule has 1 amide bonds. The highest BCUT2D eigenvalue weighted by Crippen LogP contribution is 2.08. The van der Waals surface area contributed by atoms with Crippen molar-refractivity contribution in [3.63, 3.8) is 0 Å². The Kier molecular flexibility index (Phi) is 4.23. The van der Waals surface area contributed by atoms with E-state index >= 15 is 0 Å². The van der Waals surface area contributed by atoms with Crippen LogP contribution in [0.4, 0.5) is 0 Å². The Morgan fingerprint density at radius 2 is 2.09 bits per heavy atom. The van der Waals surface area contributed by atoms with Gasteiger partial charge in [0, 0.05) is 19.9 Å². The molecule has 1 N–H and O–H groups in total. The maximum absolute atomic E-state index is 12.3. The lowest BCUT2D eigenvalue weighted by atomic mass is 10.2. The molecule has 3 rings (SSSR count). The molecule has 0 atom stereocenters. The molecule has 0 bridgehead atoms. The summed E-state index contributed by atoms with van der Waals surface area (Å²) in [7, 11) is 1.68. The molecular formula is C17H17N3O3. The van der Waals surface area contributed by atoms with E-state index in [9.17, 15) is 9.59 Å². The maximum atomic E-state index is 12.3. The fraction of sp³-hybridized carbons (Fsp3) is 0.235. The zero-order valence-corrected chi connectivity index (χ0v) is 12.8. The van der Waals surface area contributed by atoms with Gasteiger partial charge in [-0.3, -0.25) is 14.2 Å². The minimum Gasteiger partial charge on any atom is -0.467 e. The lowest BCUT2D eigenvalue weighted by Gasteiger charge is -2.09. The van der Waals surface area contributed by atoms with Crippen molar-refractivity contribution in [3.8, 4) is 0 Å². The van der Waals surface area contributed by atoms with Gasteiger partial charge in [-0.05, 0) is 24.3 Å². The Hall–Kier alpha value is -2.89. The largest absolute Gasteiger partial charge is 0.467 e. The molecule has 0 unspecified atom stereocenters. The van der Waals surface area contributed by atoms with Crippen LogP contribution in [0, 0.1) is 0 Å². The zero-order chi connectivity index (χ0) is 16.2. The summed E-state index contributed by atoms with van der Waals surface area (Å²) < 4.78 is 6.66. The standard InChI is InChI=1S/C17H17N3O3/c1-20-15(19-14-7-3-2-6-13(14)17(20)22)8-9-16(21)18-11-12-5-4-10-23-12/h2-7,10H,8-9,11H2,1H3,(H,18,21). The van der Waals surface area contributed by atoms with Gasteiger partial charge in [0.15, 0.2) is 0 Å². The average Bonchev–Trinajstić information content (AvgIpc) is 3.08. The number of furan rings is 1. The third-order valence-electron chi connectivity index (χ3n) is 3.69. The molecule has 2 heterocycles. The summed E-state index contributed by atoms with van der Waals surface area (Å²) in [5, 5.41) is 3.36. The topological polar surface area (TPSA) is 77.1 Å². The zero-order valence-electron chi connectivity index (χ0n) is 12.8. The van der Waals surface area contributed by atoms with Crippen LogP contribution in [0.25, 0.3) is 10.9 Å². The molecule has 0 aliphatic heterocycles. The number of hydrogen-bond donors (Lipinski definition) is 1. The number of para-hydroxylation sites is 1. The Labute approximate surface area is 132 Å². The van der Waals surface area contributed by atoms with Gasteiger partial charge in [-0.1, -0.05) is 12.1 Å². The van der Waals surface area contributed by atoms with Crippen molar-refractivity contribution in [2.24, 2.45) is 7.05 Å². The first-order chi connectivity index (χ1) is 11.1. The summed E-state index contributed by atoms with van der Waals surface area (Å²) >= 11 is 0. The first kappa shape index (κ1) is 15.0. The van der Waals surface area contributed by atoms with Crippen LogP contribution in [-0.4, -0.2) is 15.5 Å². The molecule has 0 aliphatic carbocycles. The predicted octanol–water partition coefficient (Wildman–Crippen LogP) is 1.78. The van der Waals surface area contributed by atoms with Gasteiger partial charge in [-0.2, -0.15) is 0 Å². The van der Waals surface area contributed by atoms with Crippen LogP contribution < -0.4 is 10.9 Å². The van der Waals surface area contributed by atoms with Gasteiger partial charge in [-0.25, -0.2) is 4.98 Å². The lowest BCUT2D eigenvalue weighted by molar-refractivity contribution is -0.121. The minimum atomic E-state index is -0.108. The molecule has 23 heavy (non-hydrogen) atoms. The van der Waals surface area contributed by atoms with E-state index in [4.69, 9.17) is 4.42 Å². The molecule has 2 aromatic heterocycles. The van der Waals surface area contributed by atoms with Crippen LogP contribution in [0.1, 0.15) is 18.0 Å². The van der Waals surface area contributed by atoms with E-state index in [1.807, 2.05) is 12.1 Å². The highest BCUT2D eigenvalue weighted by Gasteiger charge is 2.10. The van der Waals surface area contributed by atoms with Crippen molar-refractivity contribution in [2.75, 3.05) is 0 Å². The van der Waals surface area contributed by atoms with Crippen molar-refractivity contribution in [2.45, 2.75) is 19.4 Å². The van der Waals surface area contributed by atoms with Gasteiger partial charge < -0.3 is 9.73 Å². The van der Waals surface area contributed by atoms with Gasteiger partial charge >= 0.3 is 0 Å². The molecule has 1 aromatic carbocycles. The van der Waals surface area contributed by atoms with Crippen LogP contribution in [0.5, 0.6) is 0 Å². The van der Waals surface area contributed by atoms with E-state index in [1.165, 1.54) is 4.57 Å². The summed E-state index contributed by atoms with van der Waals surface area (Å²) in [4.78, 5) is 28.7. The number of benzene rings is 1. The number of amides is 1. The second-order valence-electron chi connectivity index (χ2n) is 5.27. The van der Waals surface area contributed by atoms with Gasteiger partial charge in [0.05, 0.1) is 23.7 Å². The molecular weight excluding hydrogens is 294 g/mol. The number of nitrogens with zero attached hydrogens (tertiary/aromatic N) is 2. The predicted molar refractivity (Wildman–Crippen MR) is 85.9 cm³/mol.